The van der Waals surface area contributed by atoms with Crippen LogP contribution in [-0.2, 0) is 4.74 Å². The number of hydrogen-bond acceptors (Lipinski definition) is 5. The smallest absolute Gasteiger partial charge is 0.330 e. The maximum Gasteiger partial charge on any atom is 0.330 e. The SMILES string of the molecule is Cc1c[nH]c(=O)n([C@@H]2O[C@H](CO)[C@@](C)(O)[C@@]2(C)F)c1=O. The van der Waals surface area contributed by atoms with Gasteiger partial charge in [0.25, 0.3) is 5.56 Å². The Bertz CT molecular complexity index is 633. The zero-order valence-electron chi connectivity index (χ0n) is 11.4. The molecule has 0 unspecified atom stereocenters. The normalized spacial score (nSPS) is 37.3. The highest BCUT2D eigenvalue weighted by molar-refractivity contribution is 5.11. The summed E-state index contributed by atoms with van der Waals surface area (Å²) in [7, 11) is 0. The van der Waals surface area contributed by atoms with Gasteiger partial charge in [0.1, 0.15) is 11.7 Å². The van der Waals surface area contributed by atoms with E-state index in [1.54, 1.807) is 0 Å². The minimum atomic E-state index is -2.43. The van der Waals surface area contributed by atoms with Crippen LogP contribution in [0.25, 0.3) is 0 Å². The molecule has 0 saturated carbocycles. The molecule has 2 heterocycles. The number of halogens is 1. The summed E-state index contributed by atoms with van der Waals surface area (Å²) in [4.78, 5) is 26.1. The zero-order chi connectivity index (χ0) is 15.3. The Labute approximate surface area is 113 Å². The number of H-pyrrole nitrogens is 1. The van der Waals surface area contributed by atoms with Crippen molar-refractivity contribution in [1.29, 1.82) is 0 Å². The third-order valence-electron chi connectivity index (χ3n) is 3.96. The van der Waals surface area contributed by atoms with Gasteiger partial charge >= 0.3 is 5.69 Å². The van der Waals surface area contributed by atoms with Crippen molar-refractivity contribution < 1.29 is 19.3 Å². The molecule has 1 aliphatic heterocycles. The number of aromatic amines is 1. The summed E-state index contributed by atoms with van der Waals surface area (Å²) in [5, 5.41) is 19.3. The van der Waals surface area contributed by atoms with E-state index in [1.807, 2.05) is 0 Å². The van der Waals surface area contributed by atoms with Gasteiger partial charge in [-0.25, -0.2) is 13.8 Å². The third kappa shape index (κ3) is 1.83. The average molecular weight is 288 g/mol. The number of rotatable bonds is 2. The maximum absolute atomic E-state index is 14.9. The molecule has 0 spiro atoms. The van der Waals surface area contributed by atoms with Crippen LogP contribution in [-0.4, -0.2) is 43.7 Å². The Kier molecular flexibility index (Phi) is 3.35. The predicted molar refractivity (Wildman–Crippen MR) is 67.2 cm³/mol. The molecule has 2 rings (SSSR count). The molecule has 1 saturated heterocycles. The highest BCUT2D eigenvalue weighted by atomic mass is 19.1. The van der Waals surface area contributed by atoms with Crippen LogP contribution >= 0.6 is 0 Å². The number of aromatic nitrogens is 2. The minimum absolute atomic E-state index is 0.205. The van der Waals surface area contributed by atoms with Gasteiger partial charge in [0.2, 0.25) is 0 Å². The second kappa shape index (κ2) is 4.51. The number of hydrogen-bond donors (Lipinski definition) is 3. The second-order valence-electron chi connectivity index (χ2n) is 5.33. The molecule has 1 fully saturated rings. The highest BCUT2D eigenvalue weighted by Crippen LogP contribution is 2.46. The quantitative estimate of drug-likeness (QED) is 0.662. The van der Waals surface area contributed by atoms with Crippen molar-refractivity contribution in [3.8, 4) is 0 Å². The maximum atomic E-state index is 14.9. The largest absolute Gasteiger partial charge is 0.394 e. The number of nitrogens with one attached hydrogen (secondary N) is 1. The monoisotopic (exact) mass is 288 g/mol. The molecule has 4 atom stereocenters. The van der Waals surface area contributed by atoms with E-state index >= 15 is 0 Å². The lowest BCUT2D eigenvalue weighted by Gasteiger charge is -2.32. The van der Waals surface area contributed by atoms with Gasteiger partial charge in [0.15, 0.2) is 11.9 Å². The standard InChI is InChI=1S/C12H17FN2O5/c1-6-4-14-10(18)15(8(6)17)9-11(2,13)12(3,19)7(5-16)20-9/h4,7,9,16,19H,5H2,1-3H3,(H,14,18)/t7-,9-,11+,12-/m1/s1. The first-order valence-electron chi connectivity index (χ1n) is 6.13. The van der Waals surface area contributed by atoms with Crippen molar-refractivity contribution in [3.05, 3.63) is 32.6 Å². The van der Waals surface area contributed by atoms with Crippen molar-refractivity contribution in [2.45, 2.75) is 44.4 Å². The Morgan fingerprint density at radius 2 is 2.10 bits per heavy atom. The molecule has 7 nitrogen and oxygen atoms in total. The molecule has 20 heavy (non-hydrogen) atoms. The number of aliphatic hydroxyl groups is 2. The lowest BCUT2D eigenvalue weighted by atomic mass is 9.85. The van der Waals surface area contributed by atoms with Gasteiger partial charge in [0, 0.05) is 11.8 Å². The lowest BCUT2D eigenvalue weighted by Crippen LogP contribution is -2.54. The number of aryl methyl sites for hydroxylation is 1. The van der Waals surface area contributed by atoms with Gasteiger partial charge in [0.05, 0.1) is 6.61 Å². The van der Waals surface area contributed by atoms with E-state index in [1.165, 1.54) is 13.1 Å². The molecule has 8 heteroatoms. The van der Waals surface area contributed by atoms with E-state index < -0.39 is 41.5 Å². The van der Waals surface area contributed by atoms with E-state index in [9.17, 15) is 19.1 Å². The molecule has 0 aromatic carbocycles. The average Bonchev–Trinajstić information content (AvgIpc) is 2.53. The van der Waals surface area contributed by atoms with Crippen molar-refractivity contribution in [2.75, 3.05) is 6.61 Å². The van der Waals surface area contributed by atoms with Gasteiger partial charge in [-0.1, -0.05) is 0 Å². The van der Waals surface area contributed by atoms with Gasteiger partial charge in [-0.15, -0.1) is 0 Å². The van der Waals surface area contributed by atoms with Crippen molar-refractivity contribution in [3.63, 3.8) is 0 Å². The first-order valence-corrected chi connectivity index (χ1v) is 6.13. The highest BCUT2D eigenvalue weighted by Gasteiger charge is 2.63. The van der Waals surface area contributed by atoms with Crippen LogP contribution in [0.5, 0.6) is 0 Å². The molecule has 0 amide bonds. The molecule has 0 aliphatic carbocycles. The summed E-state index contributed by atoms with van der Waals surface area (Å²) < 4.78 is 20.7. The van der Waals surface area contributed by atoms with Crippen molar-refractivity contribution >= 4 is 0 Å². The number of nitrogens with zero attached hydrogens (tertiary/aromatic N) is 1. The van der Waals surface area contributed by atoms with Crippen LogP contribution in [0, 0.1) is 6.92 Å². The molecule has 1 aromatic heterocycles. The number of alkyl halides is 1. The molecule has 3 N–H and O–H groups in total. The van der Waals surface area contributed by atoms with Crippen molar-refractivity contribution in [1.82, 2.24) is 9.55 Å². The van der Waals surface area contributed by atoms with E-state index in [0.717, 1.165) is 13.8 Å². The predicted octanol–water partition coefficient (Wildman–Crippen LogP) is -0.786. The zero-order valence-corrected chi connectivity index (χ0v) is 11.4. The molecule has 0 bridgehead atoms. The third-order valence-corrected chi connectivity index (χ3v) is 3.96. The fourth-order valence-electron chi connectivity index (χ4n) is 2.30. The summed E-state index contributed by atoms with van der Waals surface area (Å²) in [6.07, 6.45) is -1.65. The fourth-order valence-corrected chi connectivity index (χ4v) is 2.30. The molecule has 112 valence electrons. The lowest BCUT2D eigenvalue weighted by molar-refractivity contribution is -0.0892. The summed E-state index contributed by atoms with van der Waals surface area (Å²) in [6, 6.07) is 0. The van der Waals surface area contributed by atoms with E-state index in [-0.39, 0.29) is 5.56 Å². The Morgan fingerprint density at radius 1 is 1.50 bits per heavy atom. The first-order chi connectivity index (χ1) is 9.14. The second-order valence-corrected chi connectivity index (χ2v) is 5.33. The summed E-state index contributed by atoms with van der Waals surface area (Å²) >= 11 is 0. The van der Waals surface area contributed by atoms with Gasteiger partial charge < -0.3 is 19.9 Å². The summed E-state index contributed by atoms with van der Waals surface area (Å²) in [5.74, 6) is 0. The molecule has 0 radical (unpaired) electrons. The molecular weight excluding hydrogens is 271 g/mol. The van der Waals surface area contributed by atoms with E-state index in [2.05, 4.69) is 4.98 Å². The van der Waals surface area contributed by atoms with Crippen LogP contribution in [0.15, 0.2) is 15.8 Å². The van der Waals surface area contributed by atoms with Crippen molar-refractivity contribution in [2.24, 2.45) is 0 Å². The fraction of sp³-hybridized carbons (Fsp3) is 0.667. The van der Waals surface area contributed by atoms with Crippen LogP contribution < -0.4 is 11.2 Å². The molecule has 1 aliphatic rings. The van der Waals surface area contributed by atoms with Gasteiger partial charge in [-0.2, -0.15) is 0 Å². The van der Waals surface area contributed by atoms with Gasteiger partial charge in [-0.3, -0.25) is 4.79 Å². The summed E-state index contributed by atoms with van der Waals surface area (Å²) in [5.41, 5.74) is -5.82. The van der Waals surface area contributed by atoms with Crippen LogP contribution in [0.2, 0.25) is 0 Å². The van der Waals surface area contributed by atoms with E-state index in [4.69, 9.17) is 9.84 Å². The molecule has 1 aromatic rings. The van der Waals surface area contributed by atoms with Gasteiger partial charge in [-0.05, 0) is 20.8 Å². The van der Waals surface area contributed by atoms with Crippen LogP contribution in [0.4, 0.5) is 4.39 Å². The van der Waals surface area contributed by atoms with Crippen LogP contribution in [0.3, 0.4) is 0 Å². The van der Waals surface area contributed by atoms with E-state index in [0.29, 0.717) is 4.57 Å². The Balaban J connectivity index is 2.64. The number of ether oxygens (including phenoxy) is 1. The molecular formula is C12H17FN2O5. The number of aliphatic hydroxyl groups excluding tert-OH is 1. The minimum Gasteiger partial charge on any atom is -0.394 e. The summed E-state index contributed by atoms with van der Waals surface area (Å²) in [6.45, 7) is 3.01. The Morgan fingerprint density at radius 3 is 2.60 bits per heavy atom. The topological polar surface area (TPSA) is 105 Å². The van der Waals surface area contributed by atoms with Crippen LogP contribution in [0.1, 0.15) is 25.6 Å². The Hall–Kier alpha value is -1.51. The first kappa shape index (κ1) is 14.9.